The Bertz CT molecular complexity index is 1370. The third-order valence-electron chi connectivity index (χ3n) is 6.03. The van der Waals surface area contributed by atoms with Crippen LogP contribution in [-0.4, -0.2) is 36.5 Å². The minimum absolute atomic E-state index is 0.174. The number of carbonyl (C=O) groups is 1. The molecule has 0 fully saturated rings. The van der Waals surface area contributed by atoms with Crippen molar-refractivity contribution in [3.8, 4) is 11.3 Å². The highest BCUT2D eigenvalue weighted by Crippen LogP contribution is 2.36. The summed E-state index contributed by atoms with van der Waals surface area (Å²) in [6, 6.07) is 5.37. The summed E-state index contributed by atoms with van der Waals surface area (Å²) in [5.74, 6) is -4.18. The van der Waals surface area contributed by atoms with Gasteiger partial charge < -0.3 is 4.90 Å². The third-order valence-corrected chi connectivity index (χ3v) is 6.03. The predicted octanol–water partition coefficient (Wildman–Crippen LogP) is 4.22. The number of amides is 1. The molecule has 0 unspecified atom stereocenters. The van der Waals surface area contributed by atoms with Crippen LogP contribution in [0.15, 0.2) is 36.7 Å². The van der Waals surface area contributed by atoms with Crippen molar-refractivity contribution in [2.75, 3.05) is 6.54 Å². The summed E-state index contributed by atoms with van der Waals surface area (Å²) < 4.78 is 44.4. The molecule has 0 saturated carbocycles. The molecule has 164 valence electrons. The zero-order chi connectivity index (χ0) is 22.7. The van der Waals surface area contributed by atoms with Crippen LogP contribution in [0.2, 0.25) is 0 Å². The van der Waals surface area contributed by atoms with E-state index in [9.17, 15) is 18.0 Å². The zero-order valence-corrected chi connectivity index (χ0v) is 17.7. The number of carbonyl (C=O) groups excluding carboxylic acids is 1. The summed E-state index contributed by atoms with van der Waals surface area (Å²) in [4.78, 5) is 19.4. The molecule has 4 aromatic rings. The summed E-state index contributed by atoms with van der Waals surface area (Å²) in [6.07, 6.45) is 3.88. The lowest BCUT2D eigenvalue weighted by Crippen LogP contribution is -2.39. The van der Waals surface area contributed by atoms with Gasteiger partial charge in [0, 0.05) is 30.9 Å². The van der Waals surface area contributed by atoms with Gasteiger partial charge in [0.15, 0.2) is 17.5 Å². The van der Waals surface area contributed by atoms with E-state index in [1.165, 1.54) is 4.68 Å². The SMILES string of the molecule is Cc1ccc2ncc(C(=O)N3CCc4c(nn(C)c4-c4cc(F)c(F)c(F)c4)[C@@H]3C)n2c1. The smallest absolute Gasteiger partial charge is 0.273 e. The Kier molecular flexibility index (Phi) is 4.58. The fraction of sp³-hybridized carbons (Fsp3) is 0.261. The van der Waals surface area contributed by atoms with Gasteiger partial charge in [0.1, 0.15) is 11.3 Å². The maximum absolute atomic E-state index is 13.8. The second-order valence-corrected chi connectivity index (χ2v) is 8.09. The van der Waals surface area contributed by atoms with Gasteiger partial charge in [-0.05, 0) is 44.0 Å². The quantitative estimate of drug-likeness (QED) is 0.440. The molecule has 9 heteroatoms. The Labute approximate surface area is 181 Å². The highest BCUT2D eigenvalue weighted by molar-refractivity contribution is 5.94. The van der Waals surface area contributed by atoms with E-state index in [4.69, 9.17) is 0 Å². The number of hydrogen-bond acceptors (Lipinski definition) is 3. The number of imidazole rings is 1. The topological polar surface area (TPSA) is 55.4 Å². The summed E-state index contributed by atoms with van der Waals surface area (Å²) in [5, 5.41) is 4.54. The molecular formula is C23H20F3N5O. The number of pyridine rings is 1. The molecule has 32 heavy (non-hydrogen) atoms. The molecule has 1 atom stereocenters. The Balaban J connectivity index is 1.53. The van der Waals surface area contributed by atoms with Gasteiger partial charge in [-0.3, -0.25) is 13.9 Å². The van der Waals surface area contributed by atoms with E-state index in [1.807, 2.05) is 32.2 Å². The molecular weight excluding hydrogens is 419 g/mol. The Morgan fingerprint density at radius 3 is 2.59 bits per heavy atom. The average molecular weight is 439 g/mol. The zero-order valence-electron chi connectivity index (χ0n) is 17.7. The first kappa shape index (κ1) is 20.3. The molecule has 0 aliphatic carbocycles. The van der Waals surface area contributed by atoms with E-state index in [-0.39, 0.29) is 17.5 Å². The van der Waals surface area contributed by atoms with Crippen LogP contribution in [0.5, 0.6) is 0 Å². The van der Waals surface area contributed by atoms with Crippen LogP contribution >= 0.6 is 0 Å². The van der Waals surface area contributed by atoms with Crippen LogP contribution in [0.4, 0.5) is 13.2 Å². The highest BCUT2D eigenvalue weighted by Gasteiger charge is 2.34. The molecule has 5 rings (SSSR count). The van der Waals surface area contributed by atoms with Gasteiger partial charge in [-0.25, -0.2) is 18.2 Å². The first-order valence-corrected chi connectivity index (χ1v) is 10.2. The van der Waals surface area contributed by atoms with Gasteiger partial charge in [-0.15, -0.1) is 0 Å². The van der Waals surface area contributed by atoms with Gasteiger partial charge in [-0.1, -0.05) is 6.07 Å². The van der Waals surface area contributed by atoms with Crippen LogP contribution in [0.3, 0.4) is 0 Å². The highest BCUT2D eigenvalue weighted by atomic mass is 19.2. The van der Waals surface area contributed by atoms with E-state index in [1.54, 1.807) is 22.5 Å². The van der Waals surface area contributed by atoms with Gasteiger partial charge in [0.2, 0.25) is 0 Å². The van der Waals surface area contributed by atoms with E-state index >= 15 is 0 Å². The van der Waals surface area contributed by atoms with Crippen molar-refractivity contribution in [3.05, 3.63) is 76.6 Å². The summed E-state index contributed by atoms with van der Waals surface area (Å²) >= 11 is 0. The maximum atomic E-state index is 13.8. The number of aryl methyl sites for hydroxylation is 2. The largest absolute Gasteiger partial charge is 0.329 e. The molecule has 1 amide bonds. The lowest BCUT2D eigenvalue weighted by molar-refractivity contribution is 0.0666. The molecule has 0 radical (unpaired) electrons. The Hall–Kier alpha value is -3.62. The molecule has 0 spiro atoms. The van der Waals surface area contributed by atoms with Gasteiger partial charge in [0.05, 0.1) is 23.6 Å². The van der Waals surface area contributed by atoms with Crippen molar-refractivity contribution in [2.45, 2.75) is 26.3 Å². The molecule has 4 heterocycles. The van der Waals surface area contributed by atoms with Crippen molar-refractivity contribution in [1.82, 2.24) is 24.1 Å². The van der Waals surface area contributed by atoms with Gasteiger partial charge in [-0.2, -0.15) is 5.10 Å². The first-order chi connectivity index (χ1) is 15.3. The minimum Gasteiger partial charge on any atom is -0.329 e. The van der Waals surface area contributed by atoms with Crippen LogP contribution < -0.4 is 0 Å². The van der Waals surface area contributed by atoms with E-state index < -0.39 is 17.5 Å². The number of rotatable bonds is 2. The third kappa shape index (κ3) is 2.99. The van der Waals surface area contributed by atoms with Gasteiger partial charge >= 0.3 is 0 Å². The molecule has 1 aliphatic heterocycles. The molecule has 3 aromatic heterocycles. The molecule has 6 nitrogen and oxygen atoms in total. The molecule has 0 N–H and O–H groups in total. The van der Waals surface area contributed by atoms with Crippen molar-refractivity contribution < 1.29 is 18.0 Å². The van der Waals surface area contributed by atoms with E-state index in [0.29, 0.717) is 35.7 Å². The summed E-state index contributed by atoms with van der Waals surface area (Å²) in [7, 11) is 1.67. The average Bonchev–Trinajstić information content (AvgIpc) is 3.32. The molecule has 0 bridgehead atoms. The van der Waals surface area contributed by atoms with E-state index in [2.05, 4.69) is 10.1 Å². The second-order valence-electron chi connectivity index (χ2n) is 8.09. The first-order valence-electron chi connectivity index (χ1n) is 10.2. The molecule has 1 aromatic carbocycles. The molecule has 0 saturated heterocycles. The standard InChI is InChI=1S/C23H20F3N5O/c1-12-4-5-19-27-10-18(31(19)11-12)23(32)30-7-6-15-21(13(30)2)28-29(3)22(15)14-8-16(24)20(26)17(25)9-14/h4-5,8-11,13H,6-7H2,1-3H3/t13-/m0/s1. The number of nitrogens with zero attached hydrogens (tertiary/aromatic N) is 5. The summed E-state index contributed by atoms with van der Waals surface area (Å²) in [6.45, 7) is 4.21. The number of hydrogen-bond donors (Lipinski definition) is 0. The number of fused-ring (bicyclic) bond motifs is 2. The maximum Gasteiger partial charge on any atom is 0.273 e. The van der Waals surface area contributed by atoms with Crippen LogP contribution in [0.25, 0.3) is 16.9 Å². The normalized spacial score (nSPS) is 15.9. The lowest BCUT2D eigenvalue weighted by Gasteiger charge is -2.32. The van der Waals surface area contributed by atoms with Crippen molar-refractivity contribution >= 4 is 11.6 Å². The summed E-state index contributed by atoms with van der Waals surface area (Å²) in [5.41, 5.74) is 4.32. The fourth-order valence-electron chi connectivity index (χ4n) is 4.47. The Morgan fingerprint density at radius 1 is 1.16 bits per heavy atom. The predicted molar refractivity (Wildman–Crippen MR) is 112 cm³/mol. The minimum atomic E-state index is -1.50. The molecule has 1 aliphatic rings. The Morgan fingerprint density at radius 2 is 1.88 bits per heavy atom. The van der Waals surface area contributed by atoms with Crippen LogP contribution in [0.1, 0.15) is 40.3 Å². The second kappa shape index (κ2) is 7.22. The van der Waals surface area contributed by atoms with Crippen molar-refractivity contribution in [2.24, 2.45) is 7.05 Å². The van der Waals surface area contributed by atoms with Crippen LogP contribution in [-0.2, 0) is 13.5 Å². The van der Waals surface area contributed by atoms with Crippen molar-refractivity contribution in [1.29, 1.82) is 0 Å². The van der Waals surface area contributed by atoms with E-state index in [0.717, 1.165) is 23.3 Å². The number of aromatic nitrogens is 4. The number of halogens is 3. The monoisotopic (exact) mass is 439 g/mol. The lowest BCUT2D eigenvalue weighted by atomic mass is 9.95. The van der Waals surface area contributed by atoms with Gasteiger partial charge in [0.25, 0.3) is 5.91 Å². The van der Waals surface area contributed by atoms with Crippen LogP contribution in [0, 0.1) is 24.4 Å². The number of benzene rings is 1. The fourth-order valence-corrected chi connectivity index (χ4v) is 4.47. The van der Waals surface area contributed by atoms with Crippen molar-refractivity contribution in [3.63, 3.8) is 0 Å².